The van der Waals surface area contributed by atoms with Gasteiger partial charge < -0.3 is 10.1 Å². The van der Waals surface area contributed by atoms with E-state index >= 15 is 0 Å². The number of nitrogens with one attached hydrogen (secondary N) is 1. The highest BCUT2D eigenvalue weighted by molar-refractivity contribution is 9.09. The highest BCUT2D eigenvalue weighted by Crippen LogP contribution is 2.31. The van der Waals surface area contributed by atoms with E-state index in [2.05, 4.69) is 21.2 Å². The standard InChI is InChI=1S/C12H16BrNO2S2/c1-16-6-9(5-13)14-12(15)11-4-8-7-17-3-2-10(8)18-11/h4,9H,2-3,5-7H2,1H3,(H,14,15). The number of thiophene rings is 1. The Morgan fingerprint density at radius 1 is 1.67 bits per heavy atom. The smallest absolute Gasteiger partial charge is 0.261 e. The first-order valence-corrected chi connectivity index (χ1v) is 8.89. The molecule has 2 heterocycles. The summed E-state index contributed by atoms with van der Waals surface area (Å²) in [6, 6.07) is 2.07. The number of halogens is 1. The average molecular weight is 350 g/mol. The van der Waals surface area contributed by atoms with Crippen LogP contribution in [0.3, 0.4) is 0 Å². The lowest BCUT2D eigenvalue weighted by Gasteiger charge is -2.14. The summed E-state index contributed by atoms with van der Waals surface area (Å²) >= 11 is 6.95. The Kier molecular flexibility index (Phi) is 5.54. The second kappa shape index (κ2) is 6.93. The van der Waals surface area contributed by atoms with Crippen molar-refractivity contribution in [1.29, 1.82) is 0 Å². The van der Waals surface area contributed by atoms with E-state index in [0.717, 1.165) is 17.1 Å². The fourth-order valence-corrected chi connectivity index (χ4v) is 4.47. The van der Waals surface area contributed by atoms with E-state index in [-0.39, 0.29) is 11.9 Å². The Morgan fingerprint density at radius 3 is 3.17 bits per heavy atom. The summed E-state index contributed by atoms with van der Waals surface area (Å²) in [5, 5.41) is 3.69. The van der Waals surface area contributed by atoms with E-state index in [4.69, 9.17) is 4.74 Å². The molecule has 0 aromatic carbocycles. The number of methoxy groups -OCH3 is 1. The number of thioether (sulfide) groups is 1. The molecule has 0 radical (unpaired) electrons. The van der Waals surface area contributed by atoms with Crippen LogP contribution in [0.4, 0.5) is 0 Å². The van der Waals surface area contributed by atoms with Crippen molar-refractivity contribution in [2.75, 3.05) is 24.8 Å². The summed E-state index contributed by atoms with van der Waals surface area (Å²) in [4.78, 5) is 14.3. The van der Waals surface area contributed by atoms with Gasteiger partial charge in [-0.25, -0.2) is 0 Å². The molecular weight excluding hydrogens is 334 g/mol. The predicted octanol–water partition coefficient (Wildman–Crippen LogP) is 2.68. The Hall–Kier alpha value is -0.0400. The number of aryl methyl sites for hydroxylation is 1. The van der Waals surface area contributed by atoms with Crippen LogP contribution >= 0.6 is 39.0 Å². The Bertz CT molecular complexity index is 399. The molecule has 1 aromatic heterocycles. The van der Waals surface area contributed by atoms with Crippen LogP contribution < -0.4 is 5.32 Å². The molecule has 0 bridgehead atoms. The first-order valence-electron chi connectivity index (χ1n) is 5.79. The van der Waals surface area contributed by atoms with Crippen molar-refractivity contribution in [1.82, 2.24) is 5.32 Å². The fourth-order valence-electron chi connectivity index (χ4n) is 1.84. The molecule has 0 saturated carbocycles. The van der Waals surface area contributed by atoms with Gasteiger partial charge in [0.25, 0.3) is 5.91 Å². The van der Waals surface area contributed by atoms with Crippen LogP contribution in [0, 0.1) is 0 Å². The van der Waals surface area contributed by atoms with E-state index in [0.29, 0.717) is 11.9 Å². The summed E-state index contributed by atoms with van der Waals surface area (Å²) in [5.41, 5.74) is 1.34. The third-order valence-corrected chi connectivity index (χ3v) is 5.77. The number of rotatable bonds is 5. The van der Waals surface area contributed by atoms with Gasteiger partial charge in [0.05, 0.1) is 17.5 Å². The van der Waals surface area contributed by atoms with Gasteiger partial charge in [-0.1, -0.05) is 15.9 Å². The number of alkyl halides is 1. The summed E-state index contributed by atoms with van der Waals surface area (Å²) in [6.07, 6.45) is 1.10. The molecule has 1 unspecified atom stereocenters. The number of hydrogen-bond donors (Lipinski definition) is 1. The van der Waals surface area contributed by atoms with Crippen LogP contribution in [0.25, 0.3) is 0 Å². The van der Waals surface area contributed by atoms with Crippen LogP contribution in [0.1, 0.15) is 20.1 Å². The van der Waals surface area contributed by atoms with Crippen LogP contribution in [0.2, 0.25) is 0 Å². The zero-order chi connectivity index (χ0) is 13.0. The monoisotopic (exact) mass is 349 g/mol. The molecule has 0 aliphatic carbocycles. The fraction of sp³-hybridized carbons (Fsp3) is 0.583. The van der Waals surface area contributed by atoms with Crippen LogP contribution in [0.15, 0.2) is 6.07 Å². The number of fused-ring (bicyclic) bond motifs is 1. The van der Waals surface area contributed by atoms with Gasteiger partial charge in [-0.15, -0.1) is 11.3 Å². The zero-order valence-corrected chi connectivity index (χ0v) is 13.4. The molecule has 1 amide bonds. The maximum atomic E-state index is 12.1. The van der Waals surface area contributed by atoms with E-state index in [1.54, 1.807) is 18.4 Å². The molecule has 0 fully saturated rings. The molecule has 1 aliphatic heterocycles. The van der Waals surface area contributed by atoms with Gasteiger partial charge in [-0.05, 0) is 23.8 Å². The molecule has 1 atom stereocenters. The average Bonchev–Trinajstić information content (AvgIpc) is 2.82. The normalized spacial score (nSPS) is 16.1. The Morgan fingerprint density at radius 2 is 2.50 bits per heavy atom. The van der Waals surface area contributed by atoms with E-state index in [1.807, 2.05) is 17.8 Å². The number of ether oxygens (including phenoxy) is 1. The summed E-state index contributed by atoms with van der Waals surface area (Å²) in [5.74, 6) is 2.22. The third kappa shape index (κ3) is 3.50. The van der Waals surface area contributed by atoms with Gasteiger partial charge >= 0.3 is 0 Å². The second-order valence-electron chi connectivity index (χ2n) is 4.14. The molecule has 1 aliphatic rings. The van der Waals surface area contributed by atoms with Crippen molar-refractivity contribution in [2.45, 2.75) is 18.2 Å². The molecule has 0 saturated heterocycles. The van der Waals surface area contributed by atoms with Crippen molar-refractivity contribution in [3.05, 3.63) is 21.4 Å². The van der Waals surface area contributed by atoms with Crippen molar-refractivity contribution in [3.8, 4) is 0 Å². The number of hydrogen-bond acceptors (Lipinski definition) is 4. The Balaban J connectivity index is 2.02. The first-order chi connectivity index (χ1) is 8.74. The van der Waals surface area contributed by atoms with Gasteiger partial charge in [-0.2, -0.15) is 11.8 Å². The zero-order valence-electron chi connectivity index (χ0n) is 10.2. The minimum Gasteiger partial charge on any atom is -0.383 e. The second-order valence-corrected chi connectivity index (χ2v) is 7.03. The van der Waals surface area contributed by atoms with Crippen molar-refractivity contribution >= 4 is 44.9 Å². The molecule has 0 spiro atoms. The van der Waals surface area contributed by atoms with Crippen molar-refractivity contribution < 1.29 is 9.53 Å². The maximum absolute atomic E-state index is 12.1. The van der Waals surface area contributed by atoms with E-state index in [9.17, 15) is 4.79 Å². The maximum Gasteiger partial charge on any atom is 0.261 e. The lowest BCUT2D eigenvalue weighted by Crippen LogP contribution is -2.38. The SMILES string of the molecule is COCC(CBr)NC(=O)c1cc2c(s1)CCSC2. The van der Waals surface area contributed by atoms with E-state index in [1.165, 1.54) is 16.2 Å². The largest absolute Gasteiger partial charge is 0.383 e. The quantitative estimate of drug-likeness (QED) is 0.830. The van der Waals surface area contributed by atoms with Crippen LogP contribution in [-0.2, 0) is 16.9 Å². The molecule has 6 heteroatoms. The number of carbonyl (C=O) groups is 1. The minimum absolute atomic E-state index is 0.0147. The minimum atomic E-state index is 0.0147. The lowest BCUT2D eigenvalue weighted by atomic mass is 10.2. The molecular formula is C12H16BrNO2S2. The van der Waals surface area contributed by atoms with Gasteiger partial charge in [-0.3, -0.25) is 4.79 Å². The molecule has 3 nitrogen and oxygen atoms in total. The van der Waals surface area contributed by atoms with Crippen molar-refractivity contribution in [3.63, 3.8) is 0 Å². The van der Waals surface area contributed by atoms with Crippen LogP contribution in [-0.4, -0.2) is 36.7 Å². The third-order valence-electron chi connectivity index (χ3n) is 2.74. The highest BCUT2D eigenvalue weighted by atomic mass is 79.9. The molecule has 1 N–H and O–H groups in total. The van der Waals surface area contributed by atoms with Gasteiger partial charge in [0.15, 0.2) is 0 Å². The van der Waals surface area contributed by atoms with Crippen LogP contribution in [0.5, 0.6) is 0 Å². The molecule has 100 valence electrons. The summed E-state index contributed by atoms with van der Waals surface area (Å²) in [6.45, 7) is 0.526. The molecule has 1 aromatic rings. The lowest BCUT2D eigenvalue weighted by molar-refractivity contribution is 0.0912. The topological polar surface area (TPSA) is 38.3 Å². The number of amides is 1. The van der Waals surface area contributed by atoms with Crippen molar-refractivity contribution in [2.24, 2.45) is 0 Å². The highest BCUT2D eigenvalue weighted by Gasteiger charge is 2.19. The molecule has 2 rings (SSSR count). The first kappa shape index (κ1) is 14.4. The Labute approximate surface area is 124 Å². The number of carbonyl (C=O) groups excluding carboxylic acids is 1. The summed E-state index contributed by atoms with van der Waals surface area (Å²) < 4.78 is 5.07. The van der Waals surface area contributed by atoms with E-state index < -0.39 is 0 Å². The van der Waals surface area contributed by atoms with Gasteiger partial charge in [0.1, 0.15) is 0 Å². The van der Waals surface area contributed by atoms with Gasteiger partial charge in [0, 0.05) is 23.1 Å². The molecule has 18 heavy (non-hydrogen) atoms. The predicted molar refractivity (Wildman–Crippen MR) is 81.1 cm³/mol. The van der Waals surface area contributed by atoms with Gasteiger partial charge in [0.2, 0.25) is 0 Å². The summed E-state index contributed by atoms with van der Waals surface area (Å²) in [7, 11) is 1.64.